The van der Waals surface area contributed by atoms with E-state index in [1.165, 1.54) is 6.07 Å². The summed E-state index contributed by atoms with van der Waals surface area (Å²) in [6, 6.07) is 3.64. The second-order valence-corrected chi connectivity index (χ2v) is 9.57. The van der Waals surface area contributed by atoms with Crippen LogP contribution in [0.2, 0.25) is 0 Å². The fourth-order valence-electron chi connectivity index (χ4n) is 2.30. The SMILES string of the molecule is CC(C)COc1cc(F)ccc1N(C(=O)CC(N)=O)c1nc(CNS(C)(=O)=O)cs1. The predicted octanol–water partition coefficient (Wildman–Crippen LogP) is 1.91. The van der Waals surface area contributed by atoms with Crippen molar-refractivity contribution in [2.45, 2.75) is 26.8 Å². The molecule has 12 heteroatoms. The van der Waals surface area contributed by atoms with Crippen molar-refractivity contribution in [3.63, 3.8) is 0 Å². The normalized spacial score (nSPS) is 11.5. The van der Waals surface area contributed by atoms with E-state index in [-0.39, 0.29) is 35.6 Å². The average molecular weight is 459 g/mol. The first-order chi connectivity index (χ1) is 14.0. The van der Waals surface area contributed by atoms with E-state index in [0.717, 1.165) is 34.6 Å². The topological polar surface area (TPSA) is 132 Å². The number of hydrogen-bond donors (Lipinski definition) is 2. The van der Waals surface area contributed by atoms with Crippen molar-refractivity contribution in [1.29, 1.82) is 0 Å². The lowest BCUT2D eigenvalue weighted by Crippen LogP contribution is -2.31. The Morgan fingerprint density at radius 2 is 2.07 bits per heavy atom. The third kappa shape index (κ3) is 7.04. The Morgan fingerprint density at radius 1 is 1.37 bits per heavy atom. The van der Waals surface area contributed by atoms with Crippen molar-refractivity contribution < 1.29 is 27.1 Å². The Morgan fingerprint density at radius 3 is 2.67 bits per heavy atom. The Bertz CT molecular complexity index is 1020. The van der Waals surface area contributed by atoms with Gasteiger partial charge in [0, 0.05) is 11.4 Å². The van der Waals surface area contributed by atoms with E-state index in [0.29, 0.717) is 5.69 Å². The molecule has 0 spiro atoms. The van der Waals surface area contributed by atoms with E-state index < -0.39 is 34.1 Å². The van der Waals surface area contributed by atoms with Gasteiger partial charge in [0.2, 0.25) is 21.8 Å². The van der Waals surface area contributed by atoms with Crippen molar-refractivity contribution in [2.24, 2.45) is 11.7 Å². The van der Waals surface area contributed by atoms with Crippen LogP contribution in [0.5, 0.6) is 5.75 Å². The summed E-state index contributed by atoms with van der Waals surface area (Å²) in [7, 11) is -3.43. The third-order valence-electron chi connectivity index (χ3n) is 3.56. The van der Waals surface area contributed by atoms with Crippen LogP contribution in [0.25, 0.3) is 0 Å². The highest BCUT2D eigenvalue weighted by molar-refractivity contribution is 7.88. The van der Waals surface area contributed by atoms with Gasteiger partial charge in [-0.2, -0.15) is 0 Å². The summed E-state index contributed by atoms with van der Waals surface area (Å²) in [6.45, 7) is 4.02. The number of carbonyl (C=O) groups is 2. The first-order valence-corrected chi connectivity index (χ1v) is 11.7. The fraction of sp³-hybridized carbons (Fsp3) is 0.389. The zero-order chi connectivity index (χ0) is 22.5. The molecule has 0 aliphatic heterocycles. The van der Waals surface area contributed by atoms with E-state index in [4.69, 9.17) is 10.5 Å². The molecule has 0 aliphatic carbocycles. The Labute approximate surface area is 178 Å². The van der Waals surface area contributed by atoms with Crippen LogP contribution < -0.4 is 20.1 Å². The van der Waals surface area contributed by atoms with Gasteiger partial charge in [0.05, 0.1) is 30.8 Å². The molecule has 0 atom stereocenters. The average Bonchev–Trinajstić information content (AvgIpc) is 3.07. The van der Waals surface area contributed by atoms with Crippen molar-refractivity contribution in [3.05, 3.63) is 35.1 Å². The molecule has 30 heavy (non-hydrogen) atoms. The van der Waals surface area contributed by atoms with Gasteiger partial charge in [-0.15, -0.1) is 11.3 Å². The molecular formula is C18H23FN4O5S2. The summed E-state index contributed by atoms with van der Waals surface area (Å²) in [5, 5.41) is 1.73. The number of amides is 2. The summed E-state index contributed by atoms with van der Waals surface area (Å²) in [4.78, 5) is 29.5. The molecule has 2 amide bonds. The number of nitrogens with zero attached hydrogens (tertiary/aromatic N) is 2. The maximum Gasteiger partial charge on any atom is 0.242 e. The smallest absolute Gasteiger partial charge is 0.242 e. The van der Waals surface area contributed by atoms with Gasteiger partial charge < -0.3 is 10.5 Å². The monoisotopic (exact) mass is 458 g/mol. The number of rotatable bonds is 10. The number of nitrogens with one attached hydrogen (secondary N) is 1. The van der Waals surface area contributed by atoms with E-state index >= 15 is 0 Å². The highest BCUT2D eigenvalue weighted by atomic mass is 32.2. The third-order valence-corrected chi connectivity index (χ3v) is 5.10. The first kappa shape index (κ1) is 23.7. The minimum absolute atomic E-state index is 0.0761. The molecule has 0 aliphatic rings. The molecule has 2 rings (SSSR count). The number of ether oxygens (including phenoxy) is 1. The van der Waals surface area contributed by atoms with Crippen LogP contribution in [0.15, 0.2) is 23.6 Å². The molecule has 3 N–H and O–H groups in total. The molecule has 0 saturated heterocycles. The van der Waals surface area contributed by atoms with Crippen molar-refractivity contribution in [3.8, 4) is 5.75 Å². The number of sulfonamides is 1. The van der Waals surface area contributed by atoms with E-state index in [1.54, 1.807) is 5.38 Å². The fourth-order valence-corrected chi connectivity index (χ4v) is 3.57. The minimum Gasteiger partial charge on any atom is -0.491 e. The van der Waals surface area contributed by atoms with Crippen LogP contribution in [0.3, 0.4) is 0 Å². The maximum absolute atomic E-state index is 13.8. The maximum atomic E-state index is 13.8. The van der Waals surface area contributed by atoms with Crippen molar-refractivity contribution in [1.82, 2.24) is 9.71 Å². The molecule has 164 valence electrons. The van der Waals surface area contributed by atoms with Crippen LogP contribution in [-0.4, -0.2) is 38.1 Å². The molecule has 0 bridgehead atoms. The number of aromatic nitrogens is 1. The Kier molecular flexibility index (Phi) is 7.87. The number of anilines is 2. The van der Waals surface area contributed by atoms with Gasteiger partial charge in [0.15, 0.2) is 5.13 Å². The molecule has 0 unspecified atom stereocenters. The molecule has 1 aromatic carbocycles. The lowest BCUT2D eigenvalue weighted by atomic mass is 10.2. The number of thiazole rings is 1. The number of halogens is 1. The van der Waals surface area contributed by atoms with Gasteiger partial charge in [-0.25, -0.2) is 22.5 Å². The number of nitrogens with two attached hydrogens (primary N) is 1. The summed E-state index contributed by atoms with van der Waals surface area (Å²) in [5.74, 6) is -1.83. The number of hydrogen-bond acceptors (Lipinski definition) is 7. The lowest BCUT2D eigenvalue weighted by Gasteiger charge is -2.23. The molecule has 1 aromatic heterocycles. The van der Waals surface area contributed by atoms with Crippen LogP contribution >= 0.6 is 11.3 Å². The number of benzene rings is 1. The first-order valence-electron chi connectivity index (χ1n) is 8.89. The molecule has 0 radical (unpaired) electrons. The standard InChI is InChI=1S/C18H23FN4O5S2/c1-11(2)9-28-15-6-12(19)4-5-14(15)23(17(25)7-16(20)24)18-22-13(10-29-18)8-21-30(3,26)27/h4-6,10-11,21H,7-9H2,1-3H3,(H2,20,24). The molecule has 9 nitrogen and oxygen atoms in total. The van der Waals surface area contributed by atoms with Crippen molar-refractivity contribution in [2.75, 3.05) is 17.8 Å². The largest absolute Gasteiger partial charge is 0.491 e. The lowest BCUT2D eigenvalue weighted by molar-refractivity contribution is -0.125. The zero-order valence-electron chi connectivity index (χ0n) is 16.7. The van der Waals surface area contributed by atoms with Gasteiger partial charge in [0.25, 0.3) is 0 Å². The highest BCUT2D eigenvalue weighted by Crippen LogP contribution is 2.37. The molecule has 0 saturated carbocycles. The van der Waals surface area contributed by atoms with Crippen LogP contribution in [-0.2, 0) is 26.2 Å². The number of carbonyl (C=O) groups excluding carboxylic acids is 2. The van der Waals surface area contributed by atoms with E-state index in [9.17, 15) is 22.4 Å². The Balaban J connectivity index is 2.46. The van der Waals surface area contributed by atoms with Gasteiger partial charge in [-0.05, 0) is 18.1 Å². The van der Waals surface area contributed by atoms with Gasteiger partial charge in [-0.3, -0.25) is 14.5 Å². The van der Waals surface area contributed by atoms with Crippen molar-refractivity contribution >= 4 is 44.0 Å². The van der Waals surface area contributed by atoms with Gasteiger partial charge in [0.1, 0.15) is 18.0 Å². The van der Waals surface area contributed by atoms with E-state index in [2.05, 4.69) is 9.71 Å². The summed E-state index contributed by atoms with van der Waals surface area (Å²) in [5.41, 5.74) is 5.74. The van der Waals surface area contributed by atoms with Gasteiger partial charge in [-0.1, -0.05) is 13.8 Å². The number of primary amides is 1. The molecular weight excluding hydrogens is 435 g/mol. The highest BCUT2D eigenvalue weighted by Gasteiger charge is 2.26. The van der Waals surface area contributed by atoms with Gasteiger partial charge >= 0.3 is 0 Å². The summed E-state index contributed by atoms with van der Waals surface area (Å²) in [6.07, 6.45) is 0.414. The molecule has 0 fully saturated rings. The second kappa shape index (κ2) is 9.96. The summed E-state index contributed by atoms with van der Waals surface area (Å²) < 4.78 is 44.4. The second-order valence-electron chi connectivity index (χ2n) is 6.90. The zero-order valence-corrected chi connectivity index (χ0v) is 18.3. The molecule has 2 aromatic rings. The Hall–Kier alpha value is -2.57. The van der Waals surface area contributed by atoms with Crippen LogP contribution in [0.1, 0.15) is 26.0 Å². The van der Waals surface area contributed by atoms with E-state index in [1.807, 2.05) is 13.8 Å². The molecule has 1 heterocycles. The quantitative estimate of drug-likeness (QED) is 0.523. The minimum atomic E-state index is -3.43. The summed E-state index contributed by atoms with van der Waals surface area (Å²) >= 11 is 1.05. The predicted molar refractivity (Wildman–Crippen MR) is 111 cm³/mol. The van der Waals surface area contributed by atoms with Crippen LogP contribution in [0.4, 0.5) is 15.2 Å². The van der Waals surface area contributed by atoms with Crippen LogP contribution in [0, 0.1) is 11.7 Å².